The van der Waals surface area contributed by atoms with Crippen LogP contribution in [-0.2, 0) is 9.53 Å². The molecule has 0 aromatic carbocycles. The molecule has 1 N–H and O–H groups in total. The van der Waals surface area contributed by atoms with Crippen molar-refractivity contribution < 1.29 is 9.53 Å². The molecule has 120 valence electrons. The summed E-state index contributed by atoms with van der Waals surface area (Å²) in [5, 5.41) is 5.40. The summed E-state index contributed by atoms with van der Waals surface area (Å²) in [6.07, 6.45) is 2.74. The van der Waals surface area contributed by atoms with E-state index in [4.69, 9.17) is 4.74 Å². The first-order valence-electron chi connectivity index (χ1n) is 7.49. The minimum atomic E-state index is -0.578. The second kappa shape index (κ2) is 9.43. The van der Waals surface area contributed by atoms with Crippen LogP contribution in [0.4, 0.5) is 0 Å². The van der Waals surface area contributed by atoms with Crippen LogP contribution in [0, 0.1) is 6.92 Å². The molecule has 0 fully saturated rings. The van der Waals surface area contributed by atoms with Crippen molar-refractivity contribution in [2.24, 2.45) is 0 Å². The Morgan fingerprint density at radius 2 is 2.29 bits per heavy atom. The van der Waals surface area contributed by atoms with E-state index in [1.165, 1.54) is 0 Å². The van der Waals surface area contributed by atoms with E-state index in [1.54, 1.807) is 23.1 Å². The number of hydrogen-bond acceptors (Lipinski definition) is 6. The molecule has 0 aliphatic rings. The van der Waals surface area contributed by atoms with Crippen molar-refractivity contribution >= 4 is 29.1 Å². The summed E-state index contributed by atoms with van der Waals surface area (Å²) < 4.78 is 6.31. The first-order chi connectivity index (χ1) is 10.0. The number of hydrogen-bond donors (Lipinski definition) is 1. The van der Waals surface area contributed by atoms with Crippen LogP contribution < -0.4 is 5.32 Å². The molecule has 0 saturated heterocycles. The lowest BCUT2D eigenvalue weighted by Crippen LogP contribution is -2.50. The minimum Gasteiger partial charge on any atom is -0.465 e. The number of carbonyl (C=O) groups excluding carboxylic acids is 1. The van der Waals surface area contributed by atoms with Gasteiger partial charge in [0, 0.05) is 16.8 Å². The van der Waals surface area contributed by atoms with Crippen LogP contribution in [0.2, 0.25) is 0 Å². The van der Waals surface area contributed by atoms with E-state index in [0.717, 1.165) is 41.6 Å². The molecule has 1 unspecified atom stereocenters. The summed E-state index contributed by atoms with van der Waals surface area (Å²) in [5.41, 5.74) is 0.495. The molecule has 21 heavy (non-hydrogen) atoms. The molecule has 1 atom stereocenters. The Labute approximate surface area is 136 Å². The Kier molecular flexibility index (Phi) is 8.29. The van der Waals surface area contributed by atoms with Gasteiger partial charge in [0.25, 0.3) is 0 Å². The Hall–Kier alpha value is -0.590. The van der Waals surface area contributed by atoms with Gasteiger partial charge in [0.05, 0.1) is 6.61 Å². The van der Waals surface area contributed by atoms with Gasteiger partial charge in [-0.1, -0.05) is 18.7 Å². The highest BCUT2D eigenvalue weighted by molar-refractivity contribution is 8.00. The number of nitrogens with one attached hydrogen (secondary N) is 1. The largest absolute Gasteiger partial charge is 0.465 e. The summed E-state index contributed by atoms with van der Waals surface area (Å²) in [4.78, 5) is 16.6. The van der Waals surface area contributed by atoms with Gasteiger partial charge in [-0.15, -0.1) is 11.3 Å². The minimum absolute atomic E-state index is 0.145. The fourth-order valence-corrected chi connectivity index (χ4v) is 3.80. The molecule has 0 aliphatic carbocycles. The summed E-state index contributed by atoms with van der Waals surface area (Å²) in [5.74, 6) is 0.823. The van der Waals surface area contributed by atoms with Gasteiger partial charge in [0.2, 0.25) is 0 Å². The molecule has 1 rings (SSSR count). The van der Waals surface area contributed by atoms with Crippen molar-refractivity contribution in [1.82, 2.24) is 10.3 Å². The number of esters is 1. The van der Waals surface area contributed by atoms with Crippen molar-refractivity contribution in [3.05, 3.63) is 11.1 Å². The number of aromatic nitrogens is 1. The molecule has 4 nitrogen and oxygen atoms in total. The number of carbonyl (C=O) groups is 1. The fraction of sp³-hybridized carbons (Fsp3) is 0.733. The normalized spacial score (nSPS) is 13.9. The molecule has 0 aliphatic heterocycles. The lowest BCUT2D eigenvalue weighted by Gasteiger charge is -2.28. The highest BCUT2D eigenvalue weighted by Crippen LogP contribution is 2.25. The van der Waals surface area contributed by atoms with Crippen LogP contribution in [0.25, 0.3) is 0 Å². The highest BCUT2D eigenvalue weighted by Gasteiger charge is 2.33. The van der Waals surface area contributed by atoms with Crippen LogP contribution >= 0.6 is 23.1 Å². The SMILES string of the molecule is CCCNC(C)(CCCSc1nc(C)cs1)C(=O)OCC. The van der Waals surface area contributed by atoms with Gasteiger partial charge in [0.1, 0.15) is 9.88 Å². The van der Waals surface area contributed by atoms with Crippen LogP contribution in [0.1, 0.15) is 45.7 Å². The molecule has 0 spiro atoms. The van der Waals surface area contributed by atoms with Crippen molar-refractivity contribution in [2.75, 3.05) is 18.9 Å². The Morgan fingerprint density at radius 1 is 1.52 bits per heavy atom. The number of thioether (sulfide) groups is 1. The van der Waals surface area contributed by atoms with E-state index in [0.29, 0.717) is 6.61 Å². The zero-order valence-electron chi connectivity index (χ0n) is 13.4. The van der Waals surface area contributed by atoms with E-state index in [1.807, 2.05) is 20.8 Å². The van der Waals surface area contributed by atoms with Crippen molar-refractivity contribution in [2.45, 2.75) is 56.8 Å². The smallest absolute Gasteiger partial charge is 0.326 e. The van der Waals surface area contributed by atoms with Gasteiger partial charge < -0.3 is 10.1 Å². The second-order valence-electron chi connectivity index (χ2n) is 5.19. The summed E-state index contributed by atoms with van der Waals surface area (Å²) in [6.45, 7) is 9.15. The lowest BCUT2D eigenvalue weighted by atomic mass is 9.96. The van der Waals surface area contributed by atoms with Crippen LogP contribution in [0.5, 0.6) is 0 Å². The van der Waals surface area contributed by atoms with E-state index < -0.39 is 5.54 Å². The van der Waals surface area contributed by atoms with Crippen molar-refractivity contribution in [1.29, 1.82) is 0 Å². The van der Waals surface area contributed by atoms with Gasteiger partial charge in [-0.25, -0.2) is 4.98 Å². The Morgan fingerprint density at radius 3 is 2.86 bits per heavy atom. The first kappa shape index (κ1) is 18.5. The molecule has 0 amide bonds. The van der Waals surface area contributed by atoms with Crippen LogP contribution in [-0.4, -0.2) is 35.4 Å². The molecule has 1 aromatic heterocycles. The Bertz CT molecular complexity index is 437. The van der Waals surface area contributed by atoms with E-state index in [-0.39, 0.29) is 5.97 Å². The number of ether oxygens (including phenoxy) is 1. The van der Waals surface area contributed by atoms with E-state index in [2.05, 4.69) is 22.6 Å². The molecule has 1 aromatic rings. The predicted molar refractivity (Wildman–Crippen MR) is 90.1 cm³/mol. The monoisotopic (exact) mass is 330 g/mol. The third-order valence-corrected chi connectivity index (χ3v) is 5.36. The molecule has 1 heterocycles. The number of nitrogens with zero attached hydrogens (tertiary/aromatic N) is 1. The quantitative estimate of drug-likeness (QED) is 0.403. The molecular weight excluding hydrogens is 304 g/mol. The fourth-order valence-electron chi connectivity index (χ4n) is 1.94. The average molecular weight is 331 g/mol. The number of thiazole rings is 1. The van der Waals surface area contributed by atoms with Crippen molar-refractivity contribution in [3.8, 4) is 0 Å². The first-order valence-corrected chi connectivity index (χ1v) is 9.35. The van der Waals surface area contributed by atoms with E-state index >= 15 is 0 Å². The van der Waals surface area contributed by atoms with Crippen molar-refractivity contribution in [3.63, 3.8) is 0 Å². The highest BCUT2D eigenvalue weighted by atomic mass is 32.2. The van der Waals surface area contributed by atoms with Crippen LogP contribution in [0.3, 0.4) is 0 Å². The topological polar surface area (TPSA) is 51.2 Å². The maximum Gasteiger partial charge on any atom is 0.326 e. The second-order valence-corrected chi connectivity index (χ2v) is 7.39. The summed E-state index contributed by atoms with van der Waals surface area (Å²) in [7, 11) is 0. The zero-order valence-corrected chi connectivity index (χ0v) is 15.0. The van der Waals surface area contributed by atoms with Gasteiger partial charge in [-0.3, -0.25) is 4.79 Å². The summed E-state index contributed by atoms with van der Waals surface area (Å²) >= 11 is 3.44. The molecule has 0 bridgehead atoms. The molecule has 0 radical (unpaired) electrons. The summed E-state index contributed by atoms with van der Waals surface area (Å²) in [6, 6.07) is 0. The zero-order chi connectivity index (χ0) is 15.7. The van der Waals surface area contributed by atoms with E-state index in [9.17, 15) is 4.79 Å². The maximum atomic E-state index is 12.1. The number of rotatable bonds is 10. The third-order valence-electron chi connectivity index (χ3n) is 3.14. The van der Waals surface area contributed by atoms with Gasteiger partial charge in [0.15, 0.2) is 0 Å². The molecule has 0 saturated carbocycles. The molecule has 6 heteroatoms. The van der Waals surface area contributed by atoms with Gasteiger partial charge in [-0.05, 0) is 46.6 Å². The maximum absolute atomic E-state index is 12.1. The van der Waals surface area contributed by atoms with Gasteiger partial charge >= 0.3 is 5.97 Å². The third kappa shape index (κ3) is 6.36. The number of aryl methyl sites for hydroxylation is 1. The molecular formula is C15H26N2O2S2. The average Bonchev–Trinajstić information content (AvgIpc) is 2.87. The van der Waals surface area contributed by atoms with Crippen LogP contribution in [0.15, 0.2) is 9.72 Å². The van der Waals surface area contributed by atoms with Gasteiger partial charge in [-0.2, -0.15) is 0 Å². The lowest BCUT2D eigenvalue weighted by molar-refractivity contribution is -0.150. The Balaban J connectivity index is 2.43. The predicted octanol–water partition coefficient (Wildman–Crippen LogP) is 3.65. The standard InChI is InChI=1S/C15H26N2O2S2/c1-5-9-16-15(4,13(18)19-6-2)8-7-10-20-14-17-12(3)11-21-14/h11,16H,5-10H2,1-4H3.